The summed E-state index contributed by atoms with van der Waals surface area (Å²) in [5, 5.41) is 2.44. The number of carbonyl (C=O) groups is 1. The summed E-state index contributed by atoms with van der Waals surface area (Å²) in [7, 11) is 0. The number of hydrogen-bond donors (Lipinski definition) is 1. The number of aromatic nitrogens is 1. The van der Waals surface area contributed by atoms with Gasteiger partial charge in [-0.25, -0.2) is 4.98 Å². The number of thiazole rings is 1. The highest BCUT2D eigenvalue weighted by molar-refractivity contribution is 8.01. The Morgan fingerprint density at radius 2 is 2.19 bits per heavy atom. The monoisotopic (exact) mass is 354 g/mol. The second-order valence-corrected chi connectivity index (χ2v) is 6.86. The van der Waals surface area contributed by atoms with Crippen LogP contribution in [0.4, 0.5) is 13.2 Å². The number of nitrogens with one attached hydrogen (secondary N) is 1. The third-order valence-corrected chi connectivity index (χ3v) is 4.92. The quantitative estimate of drug-likeness (QED) is 0.649. The van der Waals surface area contributed by atoms with Crippen molar-refractivity contribution in [3.05, 3.63) is 23.2 Å². The molecule has 0 aliphatic heterocycles. The number of halogens is 4. The Morgan fingerprint density at radius 3 is 2.90 bits per heavy atom. The second-order valence-electron chi connectivity index (χ2n) is 4.05. The van der Waals surface area contributed by atoms with Crippen LogP contribution in [0.15, 0.2) is 22.5 Å². The zero-order valence-electron chi connectivity index (χ0n) is 10.5. The Balaban J connectivity index is 1.76. The first-order valence-corrected chi connectivity index (χ1v) is 8.08. The molecule has 114 valence electrons. The van der Waals surface area contributed by atoms with Gasteiger partial charge in [0.1, 0.15) is 0 Å². The molecule has 0 unspecified atom stereocenters. The van der Waals surface area contributed by atoms with Gasteiger partial charge in [0, 0.05) is 17.3 Å². The molecule has 21 heavy (non-hydrogen) atoms. The molecule has 9 heteroatoms. The van der Waals surface area contributed by atoms with Crippen LogP contribution in [0.3, 0.4) is 0 Å². The van der Waals surface area contributed by atoms with E-state index in [1.54, 1.807) is 12.1 Å². The average Bonchev–Trinajstić information content (AvgIpc) is 2.78. The lowest BCUT2D eigenvalue weighted by Crippen LogP contribution is -2.37. The lowest BCUT2D eigenvalue weighted by atomic mass is 10.3. The summed E-state index contributed by atoms with van der Waals surface area (Å²) in [5.74, 6) is -1.33. The fraction of sp³-hybridized carbons (Fsp3) is 0.333. The highest BCUT2D eigenvalue weighted by atomic mass is 35.5. The van der Waals surface area contributed by atoms with Crippen molar-refractivity contribution in [2.45, 2.75) is 16.9 Å². The predicted octanol–water partition coefficient (Wildman–Crippen LogP) is 4.11. The van der Waals surface area contributed by atoms with E-state index in [2.05, 4.69) is 4.98 Å². The van der Waals surface area contributed by atoms with E-state index in [4.69, 9.17) is 11.6 Å². The van der Waals surface area contributed by atoms with E-state index in [-0.39, 0.29) is 6.54 Å². The molecule has 2 aromatic rings. The van der Waals surface area contributed by atoms with Gasteiger partial charge in [-0.3, -0.25) is 4.79 Å². The zero-order valence-corrected chi connectivity index (χ0v) is 12.9. The lowest BCUT2D eigenvalue weighted by molar-refractivity contribution is -0.173. The maximum absolute atomic E-state index is 11.9. The van der Waals surface area contributed by atoms with E-state index in [1.807, 2.05) is 11.4 Å². The first-order chi connectivity index (χ1) is 9.86. The van der Waals surface area contributed by atoms with Crippen molar-refractivity contribution < 1.29 is 18.0 Å². The molecule has 0 bridgehead atoms. The topological polar surface area (TPSA) is 42.0 Å². The Kier molecular flexibility index (Phi) is 5.34. The first-order valence-electron chi connectivity index (χ1n) is 5.90. The maximum Gasteiger partial charge on any atom is 0.471 e. The summed E-state index contributed by atoms with van der Waals surface area (Å²) in [4.78, 5) is 15.0. The van der Waals surface area contributed by atoms with Crippen molar-refractivity contribution in [3.8, 4) is 0 Å². The van der Waals surface area contributed by atoms with Gasteiger partial charge in [-0.05, 0) is 24.6 Å². The third kappa shape index (κ3) is 4.76. The largest absolute Gasteiger partial charge is 0.471 e. The number of rotatable bonds is 5. The SMILES string of the molecule is O=C(NCCCSc1nc2cc(Cl)ccc2s1)C(F)(F)F. The fourth-order valence-corrected chi connectivity index (χ4v) is 3.70. The highest BCUT2D eigenvalue weighted by Crippen LogP contribution is 2.31. The van der Waals surface area contributed by atoms with Crippen LogP contribution < -0.4 is 5.32 Å². The van der Waals surface area contributed by atoms with Crippen LogP contribution in [0.5, 0.6) is 0 Å². The normalized spacial score (nSPS) is 11.8. The van der Waals surface area contributed by atoms with E-state index in [9.17, 15) is 18.0 Å². The fourth-order valence-electron chi connectivity index (χ4n) is 1.47. The number of amides is 1. The number of alkyl halides is 3. The summed E-state index contributed by atoms with van der Waals surface area (Å²) in [6.45, 7) is -0.0118. The molecule has 0 atom stereocenters. The van der Waals surface area contributed by atoms with E-state index in [0.29, 0.717) is 17.2 Å². The van der Waals surface area contributed by atoms with Gasteiger partial charge in [0.25, 0.3) is 0 Å². The minimum atomic E-state index is -4.82. The number of hydrogen-bond acceptors (Lipinski definition) is 4. The number of carbonyl (C=O) groups excluding carboxylic acids is 1. The van der Waals surface area contributed by atoms with Gasteiger partial charge in [0.05, 0.1) is 10.2 Å². The summed E-state index contributed by atoms with van der Waals surface area (Å²) >= 11 is 8.81. The van der Waals surface area contributed by atoms with Crippen LogP contribution in [-0.4, -0.2) is 29.4 Å². The van der Waals surface area contributed by atoms with Crippen molar-refractivity contribution >= 4 is 50.8 Å². The van der Waals surface area contributed by atoms with Gasteiger partial charge in [-0.2, -0.15) is 13.2 Å². The summed E-state index contributed by atoms with van der Waals surface area (Å²) in [6.07, 6.45) is -4.39. The number of thioether (sulfide) groups is 1. The predicted molar refractivity (Wildman–Crippen MR) is 79.0 cm³/mol. The highest BCUT2D eigenvalue weighted by Gasteiger charge is 2.38. The van der Waals surface area contributed by atoms with Crippen LogP contribution in [0.25, 0.3) is 10.2 Å². The van der Waals surface area contributed by atoms with Crippen LogP contribution in [-0.2, 0) is 4.79 Å². The molecule has 0 fully saturated rings. The molecule has 1 amide bonds. The van der Waals surface area contributed by atoms with Gasteiger partial charge in [0.2, 0.25) is 0 Å². The van der Waals surface area contributed by atoms with Crippen molar-refractivity contribution in [2.75, 3.05) is 12.3 Å². The molecular weight excluding hydrogens is 345 g/mol. The molecule has 1 N–H and O–H groups in total. The van der Waals surface area contributed by atoms with Crippen molar-refractivity contribution in [1.82, 2.24) is 10.3 Å². The molecule has 0 saturated heterocycles. The average molecular weight is 355 g/mol. The Morgan fingerprint density at radius 1 is 1.43 bits per heavy atom. The molecule has 2 rings (SSSR count). The molecule has 3 nitrogen and oxygen atoms in total. The van der Waals surface area contributed by atoms with Crippen molar-refractivity contribution in [3.63, 3.8) is 0 Å². The van der Waals surface area contributed by atoms with Crippen LogP contribution in [0, 0.1) is 0 Å². The standard InChI is InChI=1S/C12H10ClF3N2OS2/c13-7-2-3-9-8(6-7)18-11(21-9)20-5-1-4-17-10(19)12(14,15)16/h2-3,6H,1,4-5H2,(H,17,19). The maximum atomic E-state index is 11.9. The number of fused-ring (bicyclic) bond motifs is 1. The molecule has 1 aromatic carbocycles. The van der Waals surface area contributed by atoms with E-state index >= 15 is 0 Å². The number of benzene rings is 1. The minimum Gasteiger partial charge on any atom is -0.348 e. The molecular formula is C12H10ClF3N2OS2. The molecule has 1 heterocycles. The van der Waals surface area contributed by atoms with Gasteiger partial charge < -0.3 is 5.32 Å². The minimum absolute atomic E-state index is 0.0118. The number of nitrogens with zero attached hydrogens (tertiary/aromatic N) is 1. The Labute approximate surface area is 131 Å². The molecule has 0 aliphatic rings. The lowest BCUT2D eigenvalue weighted by Gasteiger charge is -2.06. The van der Waals surface area contributed by atoms with E-state index in [1.165, 1.54) is 23.1 Å². The van der Waals surface area contributed by atoms with E-state index in [0.717, 1.165) is 14.6 Å². The van der Waals surface area contributed by atoms with Crippen LogP contribution >= 0.6 is 34.7 Å². The van der Waals surface area contributed by atoms with Crippen molar-refractivity contribution in [2.24, 2.45) is 0 Å². The van der Waals surface area contributed by atoms with Crippen molar-refractivity contribution in [1.29, 1.82) is 0 Å². The summed E-state index contributed by atoms with van der Waals surface area (Å²) < 4.78 is 37.6. The van der Waals surface area contributed by atoms with Crippen LogP contribution in [0.2, 0.25) is 5.02 Å². The zero-order chi connectivity index (χ0) is 15.5. The summed E-state index contributed by atoms with van der Waals surface area (Å²) in [5.41, 5.74) is 0.806. The van der Waals surface area contributed by atoms with E-state index < -0.39 is 12.1 Å². The first kappa shape index (κ1) is 16.4. The molecule has 1 aromatic heterocycles. The molecule has 0 aliphatic carbocycles. The Bertz CT molecular complexity index is 645. The Hall–Kier alpha value is -0.990. The summed E-state index contributed by atoms with van der Waals surface area (Å²) in [6, 6.07) is 5.42. The van der Waals surface area contributed by atoms with Gasteiger partial charge in [0.15, 0.2) is 4.34 Å². The van der Waals surface area contributed by atoms with Crippen LogP contribution in [0.1, 0.15) is 6.42 Å². The third-order valence-electron chi connectivity index (χ3n) is 2.42. The smallest absolute Gasteiger partial charge is 0.348 e. The van der Waals surface area contributed by atoms with Gasteiger partial charge >= 0.3 is 12.1 Å². The molecule has 0 saturated carbocycles. The van der Waals surface area contributed by atoms with Gasteiger partial charge in [-0.1, -0.05) is 23.4 Å². The second kappa shape index (κ2) is 6.85. The molecule has 0 spiro atoms. The van der Waals surface area contributed by atoms with Gasteiger partial charge in [-0.15, -0.1) is 11.3 Å². The molecule has 0 radical (unpaired) electrons.